The smallest absolute Gasteiger partial charge is 0.276 e. The molecule has 0 unspecified atom stereocenters. The van der Waals surface area contributed by atoms with Gasteiger partial charge in [0.2, 0.25) is 0 Å². The van der Waals surface area contributed by atoms with Crippen LogP contribution in [0.25, 0.3) is 5.69 Å². The zero-order chi connectivity index (χ0) is 21.8. The third-order valence-corrected chi connectivity index (χ3v) is 5.64. The SMILES string of the molecule is O=C(c1cc(COc2ccc(-n3cncn3)cc2)on1)N1CCC(c2ccncc2)CC1. The maximum Gasteiger partial charge on any atom is 0.276 e. The number of aromatic nitrogens is 5. The van der Waals surface area contributed by atoms with E-state index in [1.54, 1.807) is 17.1 Å². The minimum atomic E-state index is -0.106. The standard InChI is InChI=1S/C23H22N6O3/c30-23(28-11-7-18(8-12-28)17-5-9-24-10-6-17)22-13-21(32-27-22)14-31-20-3-1-19(2-4-20)29-16-25-15-26-29/h1-6,9-10,13,15-16,18H,7-8,11-12,14H2. The van der Waals surface area contributed by atoms with Gasteiger partial charge in [-0.15, -0.1) is 0 Å². The highest BCUT2D eigenvalue weighted by molar-refractivity contribution is 5.92. The van der Waals surface area contributed by atoms with Crippen molar-refractivity contribution in [3.05, 3.63) is 84.5 Å². The van der Waals surface area contributed by atoms with Gasteiger partial charge in [0.1, 0.15) is 25.0 Å². The second-order valence-electron chi connectivity index (χ2n) is 7.65. The Balaban J connectivity index is 1.14. The van der Waals surface area contributed by atoms with E-state index in [-0.39, 0.29) is 12.5 Å². The largest absolute Gasteiger partial charge is 0.486 e. The molecule has 0 N–H and O–H groups in total. The summed E-state index contributed by atoms with van der Waals surface area (Å²) in [6, 6.07) is 13.2. The first kappa shape index (κ1) is 19.9. The fourth-order valence-corrected chi connectivity index (χ4v) is 3.89. The van der Waals surface area contributed by atoms with Crippen LogP contribution in [0.5, 0.6) is 5.75 Å². The van der Waals surface area contributed by atoms with Crippen molar-refractivity contribution >= 4 is 5.91 Å². The predicted molar refractivity (Wildman–Crippen MR) is 114 cm³/mol. The van der Waals surface area contributed by atoms with Crippen molar-refractivity contribution in [3.63, 3.8) is 0 Å². The summed E-state index contributed by atoms with van der Waals surface area (Å²) >= 11 is 0. The first-order valence-electron chi connectivity index (χ1n) is 10.5. The number of rotatable bonds is 6. The number of likely N-dealkylation sites (tertiary alicyclic amines) is 1. The summed E-state index contributed by atoms with van der Waals surface area (Å²) in [5.41, 5.74) is 2.48. The van der Waals surface area contributed by atoms with E-state index in [4.69, 9.17) is 9.26 Å². The van der Waals surface area contributed by atoms with Crippen LogP contribution in [-0.2, 0) is 6.61 Å². The fraction of sp³-hybridized carbons (Fsp3) is 0.261. The Morgan fingerprint density at radius 1 is 1.06 bits per heavy atom. The van der Waals surface area contributed by atoms with Crippen LogP contribution in [0.3, 0.4) is 0 Å². The summed E-state index contributed by atoms with van der Waals surface area (Å²) in [7, 11) is 0. The van der Waals surface area contributed by atoms with E-state index in [1.807, 2.05) is 53.7 Å². The molecule has 1 saturated heterocycles. The highest BCUT2D eigenvalue weighted by atomic mass is 16.5. The molecule has 1 aromatic carbocycles. The topological polar surface area (TPSA) is 99.2 Å². The second-order valence-corrected chi connectivity index (χ2v) is 7.65. The Labute approximate surface area is 184 Å². The molecule has 4 aromatic rings. The molecule has 0 radical (unpaired) electrons. The van der Waals surface area contributed by atoms with Gasteiger partial charge in [0.05, 0.1) is 5.69 Å². The molecule has 0 atom stereocenters. The van der Waals surface area contributed by atoms with Gasteiger partial charge in [0.15, 0.2) is 11.5 Å². The van der Waals surface area contributed by atoms with Gasteiger partial charge in [-0.1, -0.05) is 5.16 Å². The number of hydrogen-bond acceptors (Lipinski definition) is 7. The van der Waals surface area contributed by atoms with Crippen LogP contribution < -0.4 is 4.74 Å². The van der Waals surface area contributed by atoms with Gasteiger partial charge in [-0.25, -0.2) is 9.67 Å². The number of hydrogen-bond donors (Lipinski definition) is 0. The third kappa shape index (κ3) is 4.36. The lowest BCUT2D eigenvalue weighted by Gasteiger charge is -2.31. The van der Waals surface area contributed by atoms with E-state index in [2.05, 4.69) is 20.2 Å². The van der Waals surface area contributed by atoms with Crippen LogP contribution in [0.1, 0.15) is 40.6 Å². The van der Waals surface area contributed by atoms with Crippen LogP contribution in [0.15, 0.2) is 72.0 Å². The zero-order valence-electron chi connectivity index (χ0n) is 17.4. The highest BCUT2D eigenvalue weighted by Crippen LogP contribution is 2.28. The molecule has 1 aliphatic rings. The normalized spacial score (nSPS) is 14.4. The molecule has 1 fully saturated rings. The van der Waals surface area contributed by atoms with Gasteiger partial charge in [-0.2, -0.15) is 5.10 Å². The number of carbonyl (C=O) groups excluding carboxylic acids is 1. The number of nitrogens with zero attached hydrogens (tertiary/aromatic N) is 6. The molecule has 0 bridgehead atoms. The Bertz CT molecular complexity index is 1150. The lowest BCUT2D eigenvalue weighted by molar-refractivity contribution is 0.0702. The molecule has 0 saturated carbocycles. The van der Waals surface area contributed by atoms with Crippen molar-refractivity contribution in [1.29, 1.82) is 0 Å². The number of benzene rings is 1. The van der Waals surface area contributed by atoms with Crippen LogP contribution in [0, 0.1) is 0 Å². The van der Waals surface area contributed by atoms with Crippen LogP contribution >= 0.6 is 0 Å². The van der Waals surface area contributed by atoms with E-state index >= 15 is 0 Å². The van der Waals surface area contributed by atoms with Crippen LogP contribution in [0.4, 0.5) is 0 Å². The average Bonchev–Trinajstić information content (AvgIpc) is 3.56. The first-order valence-corrected chi connectivity index (χ1v) is 10.5. The Morgan fingerprint density at radius 2 is 1.84 bits per heavy atom. The fourth-order valence-electron chi connectivity index (χ4n) is 3.89. The highest BCUT2D eigenvalue weighted by Gasteiger charge is 2.26. The molecular formula is C23H22N6O3. The van der Waals surface area contributed by atoms with Gasteiger partial charge in [0, 0.05) is 31.5 Å². The summed E-state index contributed by atoms with van der Waals surface area (Å²) in [5.74, 6) is 1.53. The van der Waals surface area contributed by atoms with Crippen molar-refractivity contribution in [2.45, 2.75) is 25.4 Å². The molecule has 0 aliphatic carbocycles. The van der Waals surface area contributed by atoms with Gasteiger partial charge in [-0.05, 0) is 60.7 Å². The van der Waals surface area contributed by atoms with E-state index in [0.29, 0.717) is 36.2 Å². The van der Waals surface area contributed by atoms with E-state index in [0.717, 1.165) is 18.5 Å². The number of carbonyl (C=O) groups is 1. The van der Waals surface area contributed by atoms with E-state index in [9.17, 15) is 4.79 Å². The maximum absolute atomic E-state index is 12.8. The summed E-state index contributed by atoms with van der Waals surface area (Å²) < 4.78 is 12.7. The molecule has 162 valence electrons. The van der Waals surface area contributed by atoms with Crippen LogP contribution in [-0.4, -0.2) is 48.8 Å². The van der Waals surface area contributed by atoms with Crippen molar-refractivity contribution in [3.8, 4) is 11.4 Å². The number of amides is 1. The second kappa shape index (κ2) is 9.01. The Morgan fingerprint density at radius 3 is 2.56 bits per heavy atom. The lowest BCUT2D eigenvalue weighted by atomic mass is 9.90. The van der Waals surface area contributed by atoms with E-state index in [1.165, 1.54) is 11.9 Å². The quantitative estimate of drug-likeness (QED) is 0.463. The van der Waals surface area contributed by atoms with Crippen molar-refractivity contribution in [2.75, 3.05) is 13.1 Å². The van der Waals surface area contributed by atoms with Crippen LogP contribution in [0.2, 0.25) is 0 Å². The Hall–Kier alpha value is -4.01. The predicted octanol–water partition coefficient (Wildman–Crippen LogP) is 3.25. The molecule has 4 heterocycles. The molecular weight excluding hydrogens is 408 g/mol. The molecule has 9 heteroatoms. The summed E-state index contributed by atoms with van der Waals surface area (Å²) in [6.07, 6.45) is 8.59. The maximum atomic E-state index is 12.8. The molecule has 1 aliphatic heterocycles. The van der Waals surface area contributed by atoms with Gasteiger partial charge in [0.25, 0.3) is 5.91 Å². The molecule has 3 aromatic heterocycles. The first-order chi connectivity index (χ1) is 15.8. The van der Waals surface area contributed by atoms with E-state index < -0.39 is 0 Å². The summed E-state index contributed by atoms with van der Waals surface area (Å²) in [6.45, 7) is 1.58. The zero-order valence-corrected chi connectivity index (χ0v) is 17.4. The number of ether oxygens (including phenoxy) is 1. The van der Waals surface area contributed by atoms with Gasteiger partial charge >= 0.3 is 0 Å². The lowest BCUT2D eigenvalue weighted by Crippen LogP contribution is -2.38. The molecule has 0 spiro atoms. The summed E-state index contributed by atoms with van der Waals surface area (Å²) in [4.78, 5) is 22.7. The molecule has 9 nitrogen and oxygen atoms in total. The Kier molecular flexibility index (Phi) is 5.61. The minimum Gasteiger partial charge on any atom is -0.486 e. The monoisotopic (exact) mass is 430 g/mol. The molecule has 32 heavy (non-hydrogen) atoms. The molecule has 1 amide bonds. The van der Waals surface area contributed by atoms with Crippen molar-refractivity contribution in [2.24, 2.45) is 0 Å². The van der Waals surface area contributed by atoms with Crippen molar-refractivity contribution in [1.82, 2.24) is 29.8 Å². The number of piperidine rings is 1. The number of pyridine rings is 1. The average molecular weight is 430 g/mol. The van der Waals surface area contributed by atoms with Crippen molar-refractivity contribution < 1.29 is 14.1 Å². The third-order valence-electron chi connectivity index (χ3n) is 5.64. The van der Waals surface area contributed by atoms with Gasteiger partial charge < -0.3 is 14.2 Å². The summed E-state index contributed by atoms with van der Waals surface area (Å²) in [5, 5.41) is 8.05. The van der Waals surface area contributed by atoms with Gasteiger partial charge in [-0.3, -0.25) is 9.78 Å². The minimum absolute atomic E-state index is 0.106. The molecule has 5 rings (SSSR count).